The number of rotatable bonds is 3. The largest absolute Gasteiger partial charge is 0.397 e. The van der Waals surface area contributed by atoms with Crippen molar-refractivity contribution in [2.45, 2.75) is 20.1 Å². The highest BCUT2D eigenvalue weighted by Gasteiger charge is 1.94. The van der Waals surface area contributed by atoms with Crippen LogP contribution in [0.3, 0.4) is 0 Å². The van der Waals surface area contributed by atoms with E-state index >= 15 is 0 Å². The third-order valence-corrected chi connectivity index (χ3v) is 1.13. The van der Waals surface area contributed by atoms with E-state index < -0.39 is 10.4 Å². The highest BCUT2D eigenvalue weighted by atomic mass is 32.3. The Morgan fingerprint density at radius 1 is 1.58 bits per heavy atom. The molecule has 0 fully saturated rings. The van der Waals surface area contributed by atoms with Crippen LogP contribution in [0.4, 0.5) is 0 Å². The summed E-state index contributed by atoms with van der Waals surface area (Å²) in [6, 6.07) is 0. The predicted molar refractivity (Wildman–Crippen MR) is 43.9 cm³/mol. The standard InChI is InChI=1S/C4H11NO.CH4O4S/c1-3-5-4(2)6;1-5-6(2,3)4/h4-6H,3H2,1-2H3;1H3,(H,2,3,4). The van der Waals surface area contributed by atoms with E-state index in [1.54, 1.807) is 6.92 Å². The van der Waals surface area contributed by atoms with Crippen molar-refractivity contribution in [2.75, 3.05) is 13.7 Å². The molecule has 0 aromatic carbocycles. The molecule has 3 N–H and O–H groups in total. The first-order valence-electron chi connectivity index (χ1n) is 3.28. The van der Waals surface area contributed by atoms with Gasteiger partial charge in [0.25, 0.3) is 0 Å². The Kier molecular flexibility index (Phi) is 8.88. The minimum Gasteiger partial charge on any atom is -0.379 e. The van der Waals surface area contributed by atoms with Crippen LogP contribution in [0.1, 0.15) is 13.8 Å². The molecule has 0 aromatic rings. The van der Waals surface area contributed by atoms with Gasteiger partial charge in [-0.3, -0.25) is 14.1 Å². The van der Waals surface area contributed by atoms with Crippen LogP contribution in [-0.2, 0) is 14.6 Å². The number of nitrogens with one attached hydrogen (secondary N) is 1. The molecule has 6 nitrogen and oxygen atoms in total. The predicted octanol–water partition coefficient (Wildman–Crippen LogP) is -0.630. The van der Waals surface area contributed by atoms with Crippen LogP contribution < -0.4 is 5.32 Å². The van der Waals surface area contributed by atoms with Crippen molar-refractivity contribution in [1.29, 1.82) is 0 Å². The van der Waals surface area contributed by atoms with Gasteiger partial charge in [-0.25, -0.2) is 0 Å². The maximum Gasteiger partial charge on any atom is 0.397 e. The summed E-state index contributed by atoms with van der Waals surface area (Å²) in [6.45, 7) is 4.48. The second-order valence-corrected chi connectivity index (χ2v) is 3.02. The molecule has 0 amide bonds. The maximum absolute atomic E-state index is 9.33. The van der Waals surface area contributed by atoms with Gasteiger partial charge < -0.3 is 5.11 Å². The molecule has 1 atom stereocenters. The molecular formula is C5H15NO5S. The third kappa shape index (κ3) is 22.6. The lowest BCUT2D eigenvalue weighted by molar-refractivity contribution is 0.159. The van der Waals surface area contributed by atoms with E-state index in [4.69, 9.17) is 9.66 Å². The SMILES string of the molecule is CCNC(C)O.COS(=O)(=O)O. The molecule has 12 heavy (non-hydrogen) atoms. The lowest BCUT2D eigenvalue weighted by atomic mass is 10.6. The molecule has 0 bridgehead atoms. The van der Waals surface area contributed by atoms with E-state index in [0.29, 0.717) is 0 Å². The van der Waals surface area contributed by atoms with Gasteiger partial charge in [-0.15, -0.1) is 0 Å². The zero-order valence-electron chi connectivity index (χ0n) is 7.31. The smallest absolute Gasteiger partial charge is 0.379 e. The fraction of sp³-hybridized carbons (Fsp3) is 1.00. The van der Waals surface area contributed by atoms with Gasteiger partial charge in [-0.05, 0) is 13.5 Å². The van der Waals surface area contributed by atoms with Crippen LogP contribution in [-0.4, -0.2) is 38.0 Å². The molecule has 0 aliphatic carbocycles. The van der Waals surface area contributed by atoms with Gasteiger partial charge >= 0.3 is 10.4 Å². The van der Waals surface area contributed by atoms with Crippen molar-refractivity contribution in [1.82, 2.24) is 5.32 Å². The Morgan fingerprint density at radius 2 is 1.92 bits per heavy atom. The van der Waals surface area contributed by atoms with E-state index in [0.717, 1.165) is 13.7 Å². The molecule has 1 unspecified atom stereocenters. The topological polar surface area (TPSA) is 95.9 Å². The van der Waals surface area contributed by atoms with Crippen LogP contribution in [0.15, 0.2) is 0 Å². The molecule has 0 aliphatic rings. The summed E-state index contributed by atoms with van der Waals surface area (Å²) in [6.07, 6.45) is -0.352. The summed E-state index contributed by atoms with van der Waals surface area (Å²) in [4.78, 5) is 0. The monoisotopic (exact) mass is 201 g/mol. The minimum absolute atomic E-state index is 0.352. The highest BCUT2D eigenvalue weighted by molar-refractivity contribution is 7.80. The Balaban J connectivity index is 0. The summed E-state index contributed by atoms with van der Waals surface area (Å²) >= 11 is 0. The highest BCUT2D eigenvalue weighted by Crippen LogP contribution is 1.74. The van der Waals surface area contributed by atoms with E-state index in [2.05, 4.69) is 9.50 Å². The van der Waals surface area contributed by atoms with E-state index in [1.807, 2.05) is 6.92 Å². The molecule has 0 rings (SSSR count). The van der Waals surface area contributed by atoms with Crippen molar-refractivity contribution in [2.24, 2.45) is 0 Å². The summed E-state index contributed by atoms with van der Waals surface area (Å²) in [5.41, 5.74) is 0. The Bertz CT molecular complexity index is 176. The van der Waals surface area contributed by atoms with Gasteiger partial charge in [0.15, 0.2) is 0 Å². The average molecular weight is 201 g/mol. The van der Waals surface area contributed by atoms with Gasteiger partial charge in [0.05, 0.1) is 7.11 Å². The van der Waals surface area contributed by atoms with Crippen LogP contribution >= 0.6 is 0 Å². The first-order chi connectivity index (χ1) is 5.33. The lowest BCUT2D eigenvalue weighted by Crippen LogP contribution is -2.24. The fourth-order valence-corrected chi connectivity index (χ4v) is 0.295. The summed E-state index contributed by atoms with van der Waals surface area (Å²) in [5, 5.41) is 11.2. The zero-order chi connectivity index (χ0) is 10.2. The van der Waals surface area contributed by atoms with Gasteiger partial charge in [-0.2, -0.15) is 8.42 Å². The number of aliphatic hydroxyl groups is 1. The third-order valence-electron chi connectivity index (χ3n) is 0.710. The van der Waals surface area contributed by atoms with Crippen LogP contribution in [0.2, 0.25) is 0 Å². The van der Waals surface area contributed by atoms with Gasteiger partial charge in [-0.1, -0.05) is 6.92 Å². The van der Waals surface area contributed by atoms with Crippen molar-refractivity contribution in [3.05, 3.63) is 0 Å². The van der Waals surface area contributed by atoms with Crippen LogP contribution in [0.5, 0.6) is 0 Å². The van der Waals surface area contributed by atoms with Crippen molar-refractivity contribution in [3.63, 3.8) is 0 Å². The zero-order valence-corrected chi connectivity index (χ0v) is 8.13. The summed E-state index contributed by atoms with van der Waals surface area (Å²) < 4.78 is 29.7. The second kappa shape index (κ2) is 7.44. The number of hydrogen-bond donors (Lipinski definition) is 3. The molecule has 0 saturated carbocycles. The Hall–Kier alpha value is -0.210. The van der Waals surface area contributed by atoms with Crippen LogP contribution in [0, 0.1) is 0 Å². The van der Waals surface area contributed by atoms with Gasteiger partial charge in [0.1, 0.15) is 6.23 Å². The number of aliphatic hydroxyl groups excluding tert-OH is 1. The lowest BCUT2D eigenvalue weighted by Gasteiger charge is -2.00. The molecule has 7 heteroatoms. The first kappa shape index (κ1) is 14.3. The van der Waals surface area contributed by atoms with Crippen molar-refractivity contribution >= 4 is 10.4 Å². The molecule has 0 spiro atoms. The molecule has 0 heterocycles. The van der Waals surface area contributed by atoms with E-state index in [9.17, 15) is 8.42 Å². The van der Waals surface area contributed by atoms with Crippen LogP contribution in [0.25, 0.3) is 0 Å². The quantitative estimate of drug-likeness (QED) is 0.415. The normalized spacial score (nSPS) is 13.1. The average Bonchev–Trinajstić information content (AvgIpc) is 1.87. The molecule has 76 valence electrons. The Labute approximate surface area is 72.5 Å². The molecule has 0 radical (unpaired) electrons. The van der Waals surface area contributed by atoms with Crippen molar-refractivity contribution in [3.8, 4) is 0 Å². The van der Waals surface area contributed by atoms with Gasteiger partial charge in [0, 0.05) is 0 Å². The van der Waals surface area contributed by atoms with E-state index in [-0.39, 0.29) is 6.23 Å². The molecule has 0 aliphatic heterocycles. The first-order valence-corrected chi connectivity index (χ1v) is 4.64. The molecule has 0 aromatic heterocycles. The van der Waals surface area contributed by atoms with Gasteiger partial charge in [0.2, 0.25) is 0 Å². The summed E-state index contributed by atoms with van der Waals surface area (Å²) in [7, 11) is -3.29. The minimum atomic E-state index is -4.16. The Morgan fingerprint density at radius 3 is 1.92 bits per heavy atom. The molecule has 0 saturated heterocycles. The van der Waals surface area contributed by atoms with E-state index in [1.165, 1.54) is 0 Å². The summed E-state index contributed by atoms with van der Waals surface area (Å²) in [5.74, 6) is 0. The fourth-order valence-electron chi connectivity index (χ4n) is 0.295. The number of hydrogen-bond acceptors (Lipinski definition) is 5. The maximum atomic E-state index is 9.33. The second-order valence-electron chi connectivity index (χ2n) is 1.83. The van der Waals surface area contributed by atoms with Crippen molar-refractivity contribution < 1.29 is 22.3 Å². The molecular weight excluding hydrogens is 186 g/mol.